The van der Waals surface area contributed by atoms with Crippen molar-refractivity contribution >= 4 is 42.8 Å². The minimum atomic E-state index is -1.85. The third-order valence-corrected chi connectivity index (χ3v) is 7.33. The Hall–Kier alpha value is -2.57. The topological polar surface area (TPSA) is 0 Å². The van der Waals surface area contributed by atoms with Crippen LogP contribution >= 0.6 is 17.0 Å². The van der Waals surface area contributed by atoms with Gasteiger partial charge in [0.1, 0.15) is 0 Å². The Balaban J connectivity index is 0.000000164. The zero-order valence-electron chi connectivity index (χ0n) is 23.2. The number of halogens is 2. The quantitative estimate of drug-likeness (QED) is 0.159. The van der Waals surface area contributed by atoms with Gasteiger partial charge in [-0.3, -0.25) is 0 Å². The summed E-state index contributed by atoms with van der Waals surface area (Å²) >= 11 is -1.85. The Kier molecular flexibility index (Phi) is 11.7. The molecule has 0 aromatic heterocycles. The van der Waals surface area contributed by atoms with Gasteiger partial charge in [-0.1, -0.05) is 99.5 Å². The van der Waals surface area contributed by atoms with Crippen LogP contribution in [0, 0.1) is 0 Å². The van der Waals surface area contributed by atoms with Crippen molar-refractivity contribution in [2.75, 3.05) is 0 Å². The molecule has 204 valence electrons. The summed E-state index contributed by atoms with van der Waals surface area (Å²) in [5.41, 5.74) is 5.76. The minimum absolute atomic E-state index is 0.567. The van der Waals surface area contributed by atoms with Gasteiger partial charge in [0, 0.05) is 0 Å². The number of fused-ring (bicyclic) bond motifs is 2. The Labute approximate surface area is 254 Å². The van der Waals surface area contributed by atoms with E-state index < -0.39 is 18.9 Å². The first-order valence-corrected chi connectivity index (χ1v) is 21.9. The van der Waals surface area contributed by atoms with Crippen molar-refractivity contribution in [3.63, 3.8) is 0 Å². The molecule has 0 saturated heterocycles. The third-order valence-electron chi connectivity index (χ3n) is 7.33. The van der Waals surface area contributed by atoms with E-state index in [0.29, 0.717) is 11.8 Å². The average molecular weight is 643 g/mol. The van der Waals surface area contributed by atoms with E-state index in [1.54, 1.807) is 0 Å². The molecule has 0 fully saturated rings. The molecule has 2 atom stereocenters. The van der Waals surface area contributed by atoms with Gasteiger partial charge in [-0.25, -0.2) is 0 Å². The fourth-order valence-electron chi connectivity index (χ4n) is 5.24. The standard InChI is InChI=1S/2C18H17.CH2.2ClH.Zr/c2*1-14(15-7-3-2-4-8-15)13-17-12-11-16-9-5-6-10-18(16)17;;;;/h2*2-12,14H,13H2,1H3;1H2;2*1H;/q2*-1;;;;+2/p-2. The van der Waals surface area contributed by atoms with Crippen molar-refractivity contribution in [1.29, 1.82) is 0 Å². The van der Waals surface area contributed by atoms with Crippen molar-refractivity contribution in [3.8, 4) is 0 Å². The first kappa shape index (κ1) is 30.4. The molecule has 0 spiro atoms. The molecule has 0 radical (unpaired) electrons. The molecule has 0 heterocycles. The van der Waals surface area contributed by atoms with Crippen LogP contribution in [0.1, 0.15) is 47.9 Å². The van der Waals surface area contributed by atoms with Gasteiger partial charge in [0.25, 0.3) is 0 Å². The van der Waals surface area contributed by atoms with E-state index >= 15 is 0 Å². The van der Waals surface area contributed by atoms with E-state index in [4.69, 9.17) is 17.0 Å². The summed E-state index contributed by atoms with van der Waals surface area (Å²) in [5.74, 6) is 1.13. The Morgan fingerprint density at radius 2 is 0.900 bits per heavy atom. The molecular formula is C37H36Cl2Zr-2. The molecule has 0 saturated carbocycles. The van der Waals surface area contributed by atoms with Crippen molar-refractivity contribution in [3.05, 3.63) is 156 Å². The molecule has 0 aliphatic heterocycles. The van der Waals surface area contributed by atoms with Gasteiger partial charge < -0.3 is 0 Å². The molecule has 6 aromatic rings. The zero-order chi connectivity index (χ0) is 28.3. The first-order chi connectivity index (χ1) is 19.4. The number of hydrogen-bond acceptors (Lipinski definition) is 0. The van der Waals surface area contributed by atoms with E-state index in [-0.39, 0.29) is 0 Å². The normalized spacial score (nSPS) is 12.1. The molecule has 0 N–H and O–H groups in total. The van der Waals surface area contributed by atoms with Crippen molar-refractivity contribution in [2.45, 2.75) is 38.5 Å². The van der Waals surface area contributed by atoms with Gasteiger partial charge in [-0.15, -0.1) is 82.2 Å². The molecule has 3 heteroatoms. The van der Waals surface area contributed by atoms with Gasteiger partial charge in [0.05, 0.1) is 0 Å². The second-order valence-electron chi connectivity index (χ2n) is 10.3. The molecule has 0 bridgehead atoms. The SMILES string of the molecule is CC(Cc1c[cH-]c2ccccc12)c1ccccc1.CC(Cc1c[cH-]c2ccccc12)c1ccccc1.[CH2]=[Zr]([Cl])[Cl]. The van der Waals surface area contributed by atoms with E-state index in [1.807, 2.05) is 0 Å². The Morgan fingerprint density at radius 3 is 1.27 bits per heavy atom. The molecule has 2 unspecified atom stereocenters. The van der Waals surface area contributed by atoms with Crippen LogP contribution in [-0.4, -0.2) is 4.21 Å². The van der Waals surface area contributed by atoms with Crippen LogP contribution in [-0.2, 0) is 31.7 Å². The maximum absolute atomic E-state index is 5.13. The van der Waals surface area contributed by atoms with E-state index in [9.17, 15) is 0 Å². The second kappa shape index (κ2) is 15.4. The summed E-state index contributed by atoms with van der Waals surface area (Å²) < 4.78 is 3.37. The molecule has 0 aliphatic rings. The maximum atomic E-state index is 5.13. The molecule has 6 aromatic carbocycles. The summed E-state index contributed by atoms with van der Waals surface area (Å²) in [6.45, 7) is 4.61. The summed E-state index contributed by atoms with van der Waals surface area (Å²) in [7, 11) is 10.3. The summed E-state index contributed by atoms with van der Waals surface area (Å²) in [5, 5.41) is 5.51. The number of benzene rings is 4. The number of hydrogen-bond donors (Lipinski definition) is 0. The Morgan fingerprint density at radius 1 is 0.575 bits per heavy atom. The van der Waals surface area contributed by atoms with Crippen molar-refractivity contribution < 1.29 is 18.9 Å². The van der Waals surface area contributed by atoms with Crippen LogP contribution in [0.4, 0.5) is 0 Å². The molecule has 40 heavy (non-hydrogen) atoms. The average Bonchev–Trinajstić information content (AvgIpc) is 3.58. The molecule has 0 nitrogen and oxygen atoms in total. The van der Waals surface area contributed by atoms with Crippen LogP contribution in [0.5, 0.6) is 0 Å². The van der Waals surface area contributed by atoms with Gasteiger partial charge in [-0.2, -0.15) is 11.1 Å². The zero-order valence-corrected chi connectivity index (χ0v) is 27.2. The van der Waals surface area contributed by atoms with Crippen LogP contribution in [0.2, 0.25) is 0 Å². The molecule has 0 amide bonds. The van der Waals surface area contributed by atoms with Crippen molar-refractivity contribution in [1.82, 2.24) is 0 Å². The summed E-state index contributed by atoms with van der Waals surface area (Å²) in [4.78, 5) is 0. The fraction of sp³-hybridized carbons (Fsp3) is 0.162. The van der Waals surface area contributed by atoms with Crippen LogP contribution < -0.4 is 0 Å². The summed E-state index contributed by atoms with van der Waals surface area (Å²) in [6.07, 6.45) is 2.22. The first-order valence-electron chi connectivity index (χ1n) is 13.8. The van der Waals surface area contributed by atoms with Crippen LogP contribution in [0.15, 0.2) is 133 Å². The third kappa shape index (κ3) is 8.71. The fourth-order valence-corrected chi connectivity index (χ4v) is 5.24. The Bertz CT molecular complexity index is 1490. The predicted molar refractivity (Wildman–Crippen MR) is 175 cm³/mol. The summed E-state index contributed by atoms with van der Waals surface area (Å²) in [6, 6.07) is 47.8. The van der Waals surface area contributed by atoms with Gasteiger partial charge >= 0.3 is 40.1 Å². The molecular weight excluding hydrogens is 607 g/mol. The van der Waals surface area contributed by atoms with Crippen LogP contribution in [0.25, 0.3) is 21.5 Å². The predicted octanol–water partition coefficient (Wildman–Crippen LogP) is 11.2. The van der Waals surface area contributed by atoms with Gasteiger partial charge in [0.2, 0.25) is 0 Å². The van der Waals surface area contributed by atoms with E-state index in [2.05, 4.69) is 152 Å². The monoisotopic (exact) mass is 640 g/mol. The van der Waals surface area contributed by atoms with Gasteiger partial charge in [-0.05, 0) is 23.0 Å². The van der Waals surface area contributed by atoms with E-state index in [1.165, 1.54) is 43.8 Å². The van der Waals surface area contributed by atoms with Crippen molar-refractivity contribution in [2.24, 2.45) is 0 Å². The number of rotatable bonds is 6. The molecule has 0 aliphatic carbocycles. The second-order valence-corrected chi connectivity index (χ2v) is 18.5. The van der Waals surface area contributed by atoms with Crippen LogP contribution in [0.3, 0.4) is 0 Å². The van der Waals surface area contributed by atoms with E-state index in [0.717, 1.165) is 12.8 Å². The van der Waals surface area contributed by atoms with Gasteiger partial charge in [0.15, 0.2) is 0 Å². The molecule has 6 rings (SSSR count).